The third-order valence-electron chi connectivity index (χ3n) is 5.25. The van der Waals surface area contributed by atoms with Crippen LogP contribution in [-0.2, 0) is 17.8 Å². The quantitative estimate of drug-likeness (QED) is 0.312. The number of ether oxygens (including phenoxy) is 2. The lowest BCUT2D eigenvalue weighted by Crippen LogP contribution is -2.26. The SMILES string of the molecule is COc1cc(-c2oc3ccc(CCNC(=O)OCc4ccccc4)cc3c2SC)ccc1O. The summed E-state index contributed by atoms with van der Waals surface area (Å²) in [7, 11) is 1.52. The van der Waals surface area contributed by atoms with E-state index >= 15 is 0 Å². The number of aromatic hydroxyl groups is 1. The van der Waals surface area contributed by atoms with Crippen LogP contribution in [0, 0.1) is 0 Å². The van der Waals surface area contributed by atoms with Gasteiger partial charge in [0.05, 0.1) is 12.0 Å². The monoisotopic (exact) mass is 463 g/mol. The lowest BCUT2D eigenvalue weighted by Gasteiger charge is -2.07. The molecule has 1 aromatic heterocycles. The van der Waals surface area contributed by atoms with Gasteiger partial charge in [-0.15, -0.1) is 11.8 Å². The van der Waals surface area contributed by atoms with Crippen LogP contribution in [0.25, 0.3) is 22.3 Å². The van der Waals surface area contributed by atoms with Crippen LogP contribution in [0.5, 0.6) is 11.5 Å². The van der Waals surface area contributed by atoms with Crippen LogP contribution in [0.4, 0.5) is 4.79 Å². The number of furan rings is 1. The second kappa shape index (κ2) is 10.4. The number of fused-ring (bicyclic) bond motifs is 1. The summed E-state index contributed by atoms with van der Waals surface area (Å²) < 4.78 is 16.6. The van der Waals surface area contributed by atoms with Gasteiger partial charge < -0.3 is 24.3 Å². The van der Waals surface area contributed by atoms with E-state index in [1.54, 1.807) is 30.0 Å². The zero-order chi connectivity index (χ0) is 23.2. The lowest BCUT2D eigenvalue weighted by molar-refractivity contribution is 0.140. The van der Waals surface area contributed by atoms with Crippen molar-refractivity contribution < 1.29 is 23.8 Å². The van der Waals surface area contributed by atoms with Gasteiger partial charge in [-0.1, -0.05) is 36.4 Å². The molecule has 0 atom stereocenters. The molecular weight excluding hydrogens is 438 g/mol. The van der Waals surface area contributed by atoms with Gasteiger partial charge in [-0.05, 0) is 54.1 Å². The van der Waals surface area contributed by atoms with Crippen molar-refractivity contribution in [3.63, 3.8) is 0 Å². The molecule has 4 rings (SSSR count). The van der Waals surface area contributed by atoms with Crippen molar-refractivity contribution in [2.75, 3.05) is 19.9 Å². The van der Waals surface area contributed by atoms with E-state index < -0.39 is 6.09 Å². The highest BCUT2D eigenvalue weighted by Gasteiger charge is 2.17. The Labute approximate surface area is 196 Å². The summed E-state index contributed by atoms with van der Waals surface area (Å²) in [6.45, 7) is 0.711. The number of carbonyl (C=O) groups excluding carboxylic acids is 1. The molecule has 6 nitrogen and oxygen atoms in total. The highest BCUT2D eigenvalue weighted by Crippen LogP contribution is 2.41. The second-order valence-electron chi connectivity index (χ2n) is 7.42. The summed E-state index contributed by atoms with van der Waals surface area (Å²) in [6.07, 6.45) is 2.23. The molecule has 0 fully saturated rings. The highest BCUT2D eigenvalue weighted by molar-refractivity contribution is 7.99. The van der Waals surface area contributed by atoms with Crippen LogP contribution < -0.4 is 10.1 Å². The number of benzene rings is 3. The third kappa shape index (κ3) is 5.26. The van der Waals surface area contributed by atoms with Crippen LogP contribution >= 0.6 is 11.8 Å². The summed E-state index contributed by atoms with van der Waals surface area (Å²) >= 11 is 1.60. The number of hydrogen-bond acceptors (Lipinski definition) is 6. The van der Waals surface area contributed by atoms with Crippen LogP contribution in [0.1, 0.15) is 11.1 Å². The largest absolute Gasteiger partial charge is 0.504 e. The van der Waals surface area contributed by atoms with Gasteiger partial charge in [0, 0.05) is 17.5 Å². The van der Waals surface area contributed by atoms with Gasteiger partial charge in [0.1, 0.15) is 18.0 Å². The molecule has 4 aromatic rings. The maximum atomic E-state index is 12.0. The van der Waals surface area contributed by atoms with Gasteiger partial charge in [0.25, 0.3) is 0 Å². The Morgan fingerprint density at radius 3 is 2.64 bits per heavy atom. The smallest absolute Gasteiger partial charge is 0.407 e. The zero-order valence-corrected chi connectivity index (χ0v) is 19.3. The first kappa shape index (κ1) is 22.6. The third-order valence-corrected chi connectivity index (χ3v) is 6.06. The molecule has 3 aromatic carbocycles. The molecule has 7 heteroatoms. The number of phenols is 1. The number of hydrogen-bond donors (Lipinski definition) is 2. The average Bonchev–Trinajstić information content (AvgIpc) is 3.21. The lowest BCUT2D eigenvalue weighted by atomic mass is 10.1. The minimum absolute atomic E-state index is 0.0835. The zero-order valence-electron chi connectivity index (χ0n) is 18.5. The predicted molar refractivity (Wildman–Crippen MR) is 130 cm³/mol. The van der Waals surface area contributed by atoms with Gasteiger partial charge in [0.15, 0.2) is 11.5 Å². The van der Waals surface area contributed by atoms with Crippen LogP contribution in [-0.4, -0.2) is 31.1 Å². The predicted octanol–water partition coefficient (Wildman–Crippen LogP) is 6.00. The summed E-state index contributed by atoms with van der Waals surface area (Å²) in [5.74, 6) is 1.21. The molecular formula is C26H25NO5S. The number of rotatable bonds is 8. The topological polar surface area (TPSA) is 80.9 Å². The first-order valence-corrected chi connectivity index (χ1v) is 11.7. The maximum Gasteiger partial charge on any atom is 0.407 e. The number of carbonyl (C=O) groups is 1. The molecule has 0 aliphatic rings. The van der Waals surface area contributed by atoms with Gasteiger partial charge in [-0.25, -0.2) is 4.79 Å². The fraction of sp³-hybridized carbons (Fsp3) is 0.192. The van der Waals surface area contributed by atoms with E-state index in [4.69, 9.17) is 13.9 Å². The molecule has 0 spiro atoms. The van der Waals surface area contributed by atoms with Crippen molar-refractivity contribution in [3.8, 4) is 22.8 Å². The first-order valence-electron chi connectivity index (χ1n) is 10.5. The van der Waals surface area contributed by atoms with Crippen LogP contribution in [0.15, 0.2) is 76.0 Å². The van der Waals surface area contributed by atoms with Crippen molar-refractivity contribution >= 4 is 28.8 Å². The minimum Gasteiger partial charge on any atom is -0.504 e. The fourth-order valence-corrected chi connectivity index (χ4v) is 4.30. The van der Waals surface area contributed by atoms with E-state index in [0.717, 1.165) is 38.3 Å². The molecule has 0 aliphatic carbocycles. The maximum absolute atomic E-state index is 12.0. The molecule has 0 saturated heterocycles. The standard InChI is InChI=1S/C26H25NO5S/c1-30-23-15-19(9-10-21(23)28)24-25(33-2)20-14-17(8-11-22(20)32-24)12-13-27-26(29)31-16-18-6-4-3-5-7-18/h3-11,14-15,28H,12-13,16H2,1-2H3,(H,27,29). The average molecular weight is 464 g/mol. The summed E-state index contributed by atoms with van der Waals surface area (Å²) in [4.78, 5) is 13.0. The van der Waals surface area contributed by atoms with E-state index in [1.807, 2.05) is 48.7 Å². The summed E-state index contributed by atoms with van der Waals surface area (Å²) in [5, 5.41) is 13.7. The molecule has 0 bridgehead atoms. The normalized spacial score (nSPS) is 10.8. The van der Waals surface area contributed by atoms with Gasteiger partial charge >= 0.3 is 6.09 Å². The van der Waals surface area contributed by atoms with E-state index in [0.29, 0.717) is 18.7 Å². The molecule has 170 valence electrons. The van der Waals surface area contributed by atoms with Crippen molar-refractivity contribution in [2.45, 2.75) is 17.9 Å². The van der Waals surface area contributed by atoms with Crippen molar-refractivity contribution in [3.05, 3.63) is 77.9 Å². The van der Waals surface area contributed by atoms with Crippen LogP contribution in [0.2, 0.25) is 0 Å². The van der Waals surface area contributed by atoms with E-state index in [1.165, 1.54) is 7.11 Å². The van der Waals surface area contributed by atoms with Crippen molar-refractivity contribution in [1.82, 2.24) is 5.32 Å². The molecule has 0 aliphatic heterocycles. The Bertz CT molecular complexity index is 1250. The Morgan fingerprint density at radius 2 is 1.88 bits per heavy atom. The molecule has 2 N–H and O–H groups in total. The molecule has 33 heavy (non-hydrogen) atoms. The highest BCUT2D eigenvalue weighted by atomic mass is 32.2. The Morgan fingerprint density at radius 1 is 1.06 bits per heavy atom. The molecule has 1 amide bonds. The van der Waals surface area contributed by atoms with Gasteiger partial charge in [0.2, 0.25) is 0 Å². The number of phenolic OH excluding ortho intramolecular Hbond substituents is 1. The number of thioether (sulfide) groups is 1. The number of amides is 1. The number of nitrogens with one attached hydrogen (secondary N) is 1. The Hall–Kier alpha value is -3.58. The molecule has 0 saturated carbocycles. The number of alkyl carbamates (subject to hydrolysis) is 1. The second-order valence-corrected chi connectivity index (χ2v) is 8.24. The summed E-state index contributed by atoms with van der Waals surface area (Å²) in [5.41, 5.74) is 3.64. The summed E-state index contributed by atoms with van der Waals surface area (Å²) in [6, 6.07) is 20.8. The molecule has 1 heterocycles. The van der Waals surface area contributed by atoms with E-state index in [2.05, 4.69) is 11.4 Å². The molecule has 0 radical (unpaired) electrons. The fourth-order valence-electron chi connectivity index (χ4n) is 3.57. The Balaban J connectivity index is 1.44. The van der Waals surface area contributed by atoms with E-state index in [9.17, 15) is 9.90 Å². The Kier molecular flexibility index (Phi) is 7.10. The van der Waals surface area contributed by atoms with E-state index in [-0.39, 0.29) is 12.4 Å². The first-order chi connectivity index (χ1) is 16.1. The van der Waals surface area contributed by atoms with Crippen LogP contribution in [0.3, 0.4) is 0 Å². The minimum atomic E-state index is -0.434. The van der Waals surface area contributed by atoms with Crippen molar-refractivity contribution in [1.29, 1.82) is 0 Å². The molecule has 0 unspecified atom stereocenters. The van der Waals surface area contributed by atoms with Crippen molar-refractivity contribution in [2.24, 2.45) is 0 Å². The van der Waals surface area contributed by atoms with Gasteiger partial charge in [-0.3, -0.25) is 0 Å². The van der Waals surface area contributed by atoms with Gasteiger partial charge in [-0.2, -0.15) is 0 Å². The number of methoxy groups -OCH3 is 1.